The van der Waals surface area contributed by atoms with Gasteiger partial charge in [-0.05, 0) is 59.8 Å². The van der Waals surface area contributed by atoms with E-state index in [9.17, 15) is 9.59 Å². The summed E-state index contributed by atoms with van der Waals surface area (Å²) in [5.74, 6) is -0.0145. The van der Waals surface area contributed by atoms with Crippen LogP contribution in [0.1, 0.15) is 47.3 Å². The van der Waals surface area contributed by atoms with Gasteiger partial charge in [-0.1, -0.05) is 37.5 Å². The summed E-state index contributed by atoms with van der Waals surface area (Å²) in [6.07, 6.45) is 7.45. The third kappa shape index (κ3) is 4.18. The highest BCUT2D eigenvalue weighted by atomic mass is 32.2. The predicted molar refractivity (Wildman–Crippen MR) is 127 cm³/mol. The number of rotatable bonds is 4. The summed E-state index contributed by atoms with van der Waals surface area (Å²) in [4.78, 5) is 29.4. The number of benzene rings is 1. The number of thioether (sulfide) groups is 1. The average Bonchev–Trinajstić information content (AvgIpc) is 3.49. The first kappa shape index (κ1) is 20.8. The molecule has 1 aliphatic carbocycles. The minimum atomic E-state index is -0.443. The van der Waals surface area contributed by atoms with Crippen molar-refractivity contribution in [3.8, 4) is 5.75 Å². The summed E-state index contributed by atoms with van der Waals surface area (Å²) >= 11 is 2.73. The van der Waals surface area contributed by atoms with Crippen LogP contribution >= 0.6 is 23.1 Å². The van der Waals surface area contributed by atoms with E-state index in [-0.39, 0.29) is 11.4 Å². The smallest absolute Gasteiger partial charge is 0.353 e. The van der Waals surface area contributed by atoms with E-state index in [2.05, 4.69) is 10.1 Å². The van der Waals surface area contributed by atoms with Crippen molar-refractivity contribution >= 4 is 57.1 Å². The highest BCUT2D eigenvalue weighted by molar-refractivity contribution is 8.27. The maximum Gasteiger partial charge on any atom is 0.353 e. The van der Waals surface area contributed by atoms with Crippen molar-refractivity contribution in [1.29, 1.82) is 5.41 Å². The maximum atomic E-state index is 12.6. The van der Waals surface area contributed by atoms with Crippen LogP contribution in [0.15, 0.2) is 57.4 Å². The molecule has 32 heavy (non-hydrogen) atoms. The summed E-state index contributed by atoms with van der Waals surface area (Å²) in [6, 6.07) is 10.3. The van der Waals surface area contributed by atoms with Crippen molar-refractivity contribution in [2.75, 3.05) is 0 Å². The van der Waals surface area contributed by atoms with Crippen molar-refractivity contribution in [3.05, 3.63) is 57.8 Å². The Hall–Kier alpha value is -3.04. The molecule has 3 aliphatic rings. The molecule has 1 fully saturated rings. The molecule has 9 heteroatoms. The minimum absolute atomic E-state index is 0.0338. The molecule has 2 aliphatic heterocycles. The highest BCUT2D eigenvalue weighted by Gasteiger charge is 2.37. The van der Waals surface area contributed by atoms with E-state index in [0.717, 1.165) is 17.9 Å². The lowest BCUT2D eigenvalue weighted by atomic mass is 9.90. The topological polar surface area (TPSA) is 95.2 Å². The van der Waals surface area contributed by atoms with Gasteiger partial charge in [0.25, 0.3) is 5.91 Å². The predicted octanol–water partition coefficient (Wildman–Crippen LogP) is 5.17. The number of hydrogen-bond donors (Lipinski definition) is 1. The van der Waals surface area contributed by atoms with Crippen LogP contribution in [-0.4, -0.2) is 32.9 Å². The number of amides is 1. The van der Waals surface area contributed by atoms with Gasteiger partial charge in [-0.3, -0.25) is 10.2 Å². The van der Waals surface area contributed by atoms with Crippen LogP contribution in [0.3, 0.4) is 0 Å². The standard InChI is InChI=1S/C23H20N4O3S2/c24-19-17(13-14-8-10-16(11-9-14)30-22(29)18-7-4-12-31-18)20(28)25-23-27(19)26-21(32-23)15-5-2-1-3-6-15/h4,7-13,15,24H,1-3,5-6H2/b17-13-,24-19?. The molecular formula is C23H20N4O3S2. The fourth-order valence-electron chi connectivity index (χ4n) is 3.87. The van der Waals surface area contributed by atoms with E-state index >= 15 is 0 Å². The van der Waals surface area contributed by atoms with Gasteiger partial charge in [0.2, 0.25) is 5.17 Å². The van der Waals surface area contributed by atoms with Gasteiger partial charge < -0.3 is 4.74 Å². The fraction of sp³-hybridized carbons (Fsp3) is 0.261. The van der Waals surface area contributed by atoms with Gasteiger partial charge in [0.15, 0.2) is 5.84 Å². The Kier molecular flexibility index (Phi) is 5.75. The van der Waals surface area contributed by atoms with E-state index in [1.54, 1.807) is 42.5 Å². The number of carbonyl (C=O) groups excluding carboxylic acids is 2. The molecule has 0 spiro atoms. The second-order valence-electron chi connectivity index (χ2n) is 7.73. The number of nitrogens with zero attached hydrogens (tertiary/aromatic N) is 3. The second kappa shape index (κ2) is 8.84. The van der Waals surface area contributed by atoms with Crippen molar-refractivity contribution in [2.45, 2.75) is 32.1 Å². The molecule has 0 atom stereocenters. The lowest BCUT2D eigenvalue weighted by Gasteiger charge is -2.20. The lowest BCUT2D eigenvalue weighted by Crippen LogP contribution is -2.35. The van der Waals surface area contributed by atoms with Crippen LogP contribution in [0.4, 0.5) is 0 Å². The zero-order chi connectivity index (χ0) is 22.1. The summed E-state index contributed by atoms with van der Waals surface area (Å²) in [5.41, 5.74) is 0.891. The number of hydrazone groups is 1. The summed E-state index contributed by atoms with van der Waals surface area (Å²) < 4.78 is 5.36. The summed E-state index contributed by atoms with van der Waals surface area (Å²) in [7, 11) is 0. The molecule has 1 saturated carbocycles. The van der Waals surface area contributed by atoms with Crippen molar-refractivity contribution in [2.24, 2.45) is 16.0 Å². The van der Waals surface area contributed by atoms with Crippen LogP contribution in [0, 0.1) is 11.3 Å². The van der Waals surface area contributed by atoms with Gasteiger partial charge in [-0.15, -0.1) is 11.3 Å². The number of nitrogens with one attached hydrogen (secondary N) is 1. The van der Waals surface area contributed by atoms with E-state index in [4.69, 9.17) is 10.1 Å². The third-order valence-electron chi connectivity index (χ3n) is 5.55. The number of amidine groups is 2. The van der Waals surface area contributed by atoms with Crippen molar-refractivity contribution in [1.82, 2.24) is 5.01 Å². The first-order valence-corrected chi connectivity index (χ1v) is 12.1. The molecule has 5 rings (SSSR count). The Morgan fingerprint density at radius 3 is 2.66 bits per heavy atom. The SMILES string of the molecule is N=C1/C(=C/c2ccc(OC(=O)c3cccs3)cc2)C(=O)N=C2SC(C3CCCCC3)=NN12. The fourth-order valence-corrected chi connectivity index (χ4v) is 5.53. The molecule has 0 unspecified atom stereocenters. The number of aliphatic imine (C=N–C) groups is 1. The molecular weight excluding hydrogens is 444 g/mol. The molecule has 1 aromatic heterocycles. The zero-order valence-electron chi connectivity index (χ0n) is 17.1. The van der Waals surface area contributed by atoms with Gasteiger partial charge in [0.1, 0.15) is 15.7 Å². The molecule has 0 bridgehead atoms. The first-order chi connectivity index (χ1) is 15.6. The molecule has 1 aromatic carbocycles. The Morgan fingerprint density at radius 1 is 1.16 bits per heavy atom. The van der Waals surface area contributed by atoms with E-state index in [0.29, 0.717) is 27.3 Å². The summed E-state index contributed by atoms with van der Waals surface area (Å²) in [5, 5.41) is 17.9. The molecule has 162 valence electrons. The number of esters is 1. The van der Waals surface area contributed by atoms with E-state index in [1.165, 1.54) is 47.4 Å². The molecule has 1 amide bonds. The Bertz CT molecular complexity index is 1160. The Labute approximate surface area is 193 Å². The van der Waals surface area contributed by atoms with Crippen molar-refractivity contribution < 1.29 is 14.3 Å². The number of thiophene rings is 1. The molecule has 7 nitrogen and oxygen atoms in total. The van der Waals surface area contributed by atoms with Gasteiger partial charge in [-0.25, -0.2) is 4.79 Å². The lowest BCUT2D eigenvalue weighted by molar-refractivity contribution is -0.114. The van der Waals surface area contributed by atoms with E-state index in [1.807, 2.05) is 5.38 Å². The van der Waals surface area contributed by atoms with Gasteiger partial charge in [0.05, 0.1) is 5.57 Å². The third-order valence-corrected chi connectivity index (χ3v) is 7.47. The van der Waals surface area contributed by atoms with Crippen molar-refractivity contribution in [3.63, 3.8) is 0 Å². The maximum absolute atomic E-state index is 12.6. The monoisotopic (exact) mass is 464 g/mol. The van der Waals surface area contributed by atoms with Gasteiger partial charge in [-0.2, -0.15) is 15.1 Å². The minimum Gasteiger partial charge on any atom is -0.422 e. The van der Waals surface area contributed by atoms with Gasteiger partial charge in [0, 0.05) is 5.92 Å². The number of fused-ring (bicyclic) bond motifs is 1. The van der Waals surface area contributed by atoms with Crippen LogP contribution in [0.25, 0.3) is 6.08 Å². The molecule has 3 heterocycles. The zero-order valence-corrected chi connectivity index (χ0v) is 18.7. The first-order valence-electron chi connectivity index (χ1n) is 10.4. The highest BCUT2D eigenvalue weighted by Crippen LogP contribution is 2.36. The molecule has 1 N–H and O–H groups in total. The van der Waals surface area contributed by atoms with Crippen LogP contribution in [-0.2, 0) is 4.79 Å². The average molecular weight is 465 g/mol. The summed E-state index contributed by atoms with van der Waals surface area (Å²) in [6.45, 7) is 0. The quantitative estimate of drug-likeness (QED) is 0.383. The normalized spacial score (nSPS) is 20.2. The van der Waals surface area contributed by atoms with Crippen LogP contribution in [0.2, 0.25) is 0 Å². The number of hydrogen-bond acceptors (Lipinski definition) is 7. The van der Waals surface area contributed by atoms with Gasteiger partial charge >= 0.3 is 5.97 Å². The molecule has 0 saturated heterocycles. The number of carbonyl (C=O) groups is 2. The largest absolute Gasteiger partial charge is 0.422 e. The van der Waals surface area contributed by atoms with E-state index < -0.39 is 11.9 Å². The number of ether oxygens (including phenoxy) is 1. The molecule has 0 radical (unpaired) electrons. The van der Waals surface area contributed by atoms with Crippen LogP contribution in [0.5, 0.6) is 5.75 Å². The molecule has 2 aromatic rings. The Morgan fingerprint density at radius 2 is 1.94 bits per heavy atom. The second-order valence-corrected chi connectivity index (χ2v) is 9.66. The Balaban J connectivity index is 1.32. The van der Waals surface area contributed by atoms with Crippen LogP contribution < -0.4 is 4.74 Å².